The molecule has 2 heterocycles. The van der Waals surface area contributed by atoms with Crippen LogP contribution in [0.1, 0.15) is 30.2 Å². The Bertz CT molecular complexity index is 699. The molecule has 0 aliphatic carbocycles. The summed E-state index contributed by atoms with van der Waals surface area (Å²) in [4.78, 5) is 27.1. The number of nitrogens with zero attached hydrogens (tertiary/aromatic N) is 3. The molecule has 1 amide bonds. The second-order valence-electron chi connectivity index (χ2n) is 6.50. The Morgan fingerprint density at radius 3 is 2.63 bits per heavy atom. The van der Waals surface area contributed by atoms with Crippen LogP contribution in [0.2, 0.25) is 0 Å². The number of rotatable bonds is 6. The first-order chi connectivity index (χ1) is 12.5. The van der Waals surface area contributed by atoms with Gasteiger partial charge in [0.15, 0.2) is 5.75 Å². The van der Waals surface area contributed by atoms with Crippen molar-refractivity contribution in [3.63, 3.8) is 0 Å². The maximum absolute atomic E-state index is 12.3. The van der Waals surface area contributed by atoms with E-state index in [2.05, 4.69) is 4.90 Å². The standard InChI is InChI=1S/C17H23N3O5S.ClH/c1-25-14-10-12(9-13(16(14)22)20(23)24)17-19(15(21)11-26-17)8-7-18-5-3-2-4-6-18;/h9-10,17,22H,2-8,11H2,1H3;1H. The molecule has 8 nitrogen and oxygen atoms in total. The first kappa shape index (κ1) is 21.6. The van der Waals surface area contributed by atoms with E-state index in [0.29, 0.717) is 17.9 Å². The van der Waals surface area contributed by atoms with Gasteiger partial charge in [-0.3, -0.25) is 14.9 Å². The number of phenols is 1. The molecule has 1 unspecified atom stereocenters. The smallest absolute Gasteiger partial charge is 0.315 e. The minimum Gasteiger partial charge on any atom is -0.500 e. The highest BCUT2D eigenvalue weighted by molar-refractivity contribution is 8.00. The van der Waals surface area contributed by atoms with Gasteiger partial charge in [-0.25, -0.2) is 0 Å². The largest absolute Gasteiger partial charge is 0.500 e. The monoisotopic (exact) mass is 417 g/mol. The molecule has 1 atom stereocenters. The predicted octanol–water partition coefficient (Wildman–Crippen LogP) is 2.79. The highest BCUT2D eigenvalue weighted by Gasteiger charge is 2.35. The van der Waals surface area contributed by atoms with Crippen molar-refractivity contribution in [3.05, 3.63) is 27.8 Å². The van der Waals surface area contributed by atoms with Gasteiger partial charge in [-0.15, -0.1) is 24.2 Å². The minimum absolute atomic E-state index is 0. The lowest BCUT2D eigenvalue weighted by Gasteiger charge is -2.30. The summed E-state index contributed by atoms with van der Waals surface area (Å²) >= 11 is 1.44. The van der Waals surface area contributed by atoms with Gasteiger partial charge in [0, 0.05) is 19.2 Å². The topological polar surface area (TPSA) is 96.2 Å². The third kappa shape index (κ3) is 4.77. The number of carbonyl (C=O) groups excluding carboxylic acids is 1. The Kier molecular flexibility index (Phi) is 7.58. The van der Waals surface area contributed by atoms with Gasteiger partial charge in [0.1, 0.15) is 5.37 Å². The highest BCUT2D eigenvalue weighted by Crippen LogP contribution is 2.44. The molecule has 2 saturated heterocycles. The number of methoxy groups -OCH3 is 1. The number of thioether (sulfide) groups is 1. The molecule has 2 aliphatic rings. The van der Waals surface area contributed by atoms with Crippen LogP contribution >= 0.6 is 24.2 Å². The van der Waals surface area contributed by atoms with Crippen LogP contribution in [0.15, 0.2) is 12.1 Å². The number of halogens is 1. The number of benzene rings is 1. The first-order valence-electron chi connectivity index (χ1n) is 8.70. The number of hydrogen-bond donors (Lipinski definition) is 1. The molecule has 27 heavy (non-hydrogen) atoms. The fourth-order valence-corrected chi connectivity index (χ4v) is 4.65. The van der Waals surface area contributed by atoms with E-state index in [-0.39, 0.29) is 29.4 Å². The Balaban J connectivity index is 0.00000261. The van der Waals surface area contributed by atoms with Gasteiger partial charge >= 0.3 is 5.69 Å². The van der Waals surface area contributed by atoms with Gasteiger partial charge in [-0.05, 0) is 37.6 Å². The van der Waals surface area contributed by atoms with Crippen molar-refractivity contribution in [2.75, 3.05) is 39.0 Å². The summed E-state index contributed by atoms with van der Waals surface area (Å²) in [6.45, 7) is 3.50. The van der Waals surface area contributed by atoms with Crippen molar-refractivity contribution >= 4 is 35.8 Å². The van der Waals surface area contributed by atoms with E-state index in [4.69, 9.17) is 4.74 Å². The van der Waals surface area contributed by atoms with E-state index < -0.39 is 16.4 Å². The van der Waals surface area contributed by atoms with E-state index in [0.717, 1.165) is 19.6 Å². The lowest BCUT2D eigenvalue weighted by atomic mass is 10.1. The van der Waals surface area contributed by atoms with Crippen molar-refractivity contribution in [2.24, 2.45) is 0 Å². The van der Waals surface area contributed by atoms with Gasteiger partial charge in [0.25, 0.3) is 0 Å². The van der Waals surface area contributed by atoms with E-state index >= 15 is 0 Å². The van der Waals surface area contributed by atoms with E-state index in [1.165, 1.54) is 44.2 Å². The molecular weight excluding hydrogens is 394 g/mol. The first-order valence-corrected chi connectivity index (χ1v) is 9.75. The molecule has 2 fully saturated rings. The minimum atomic E-state index is -0.638. The summed E-state index contributed by atoms with van der Waals surface area (Å²) in [7, 11) is 1.35. The summed E-state index contributed by atoms with van der Waals surface area (Å²) in [5, 5.41) is 20.9. The number of carbonyl (C=O) groups is 1. The van der Waals surface area contributed by atoms with Crippen molar-refractivity contribution < 1.29 is 19.6 Å². The zero-order valence-electron chi connectivity index (χ0n) is 15.1. The second kappa shape index (κ2) is 9.48. The molecule has 1 N–H and O–H groups in total. The van der Waals surface area contributed by atoms with E-state index in [9.17, 15) is 20.0 Å². The molecular formula is C17H24ClN3O5S. The number of nitro benzene ring substituents is 1. The highest BCUT2D eigenvalue weighted by atomic mass is 35.5. The lowest BCUT2D eigenvalue weighted by molar-refractivity contribution is -0.386. The molecule has 0 saturated carbocycles. The molecule has 1 aromatic rings. The number of nitro groups is 1. The zero-order chi connectivity index (χ0) is 18.7. The molecule has 150 valence electrons. The molecule has 1 aromatic carbocycles. The van der Waals surface area contributed by atoms with Crippen LogP contribution in [0.3, 0.4) is 0 Å². The molecule has 0 aromatic heterocycles. The molecule has 0 spiro atoms. The molecule has 0 radical (unpaired) electrons. The Morgan fingerprint density at radius 2 is 2.00 bits per heavy atom. The predicted molar refractivity (Wildman–Crippen MR) is 106 cm³/mol. The molecule has 2 aliphatic heterocycles. The zero-order valence-corrected chi connectivity index (χ0v) is 16.8. The summed E-state index contributed by atoms with van der Waals surface area (Å²) in [5.41, 5.74) is 0.191. The number of phenolic OH excluding ortho intramolecular Hbond substituents is 1. The van der Waals surface area contributed by atoms with Gasteiger partial charge < -0.3 is 19.6 Å². The fraction of sp³-hybridized carbons (Fsp3) is 0.588. The van der Waals surface area contributed by atoms with Gasteiger partial charge in [-0.1, -0.05) is 6.42 Å². The summed E-state index contributed by atoms with van der Waals surface area (Å²) in [5.74, 6) is -0.0611. The number of ether oxygens (including phenoxy) is 1. The average molecular weight is 418 g/mol. The Morgan fingerprint density at radius 1 is 1.30 bits per heavy atom. The Labute approximate surface area is 168 Å². The summed E-state index contributed by atoms with van der Waals surface area (Å²) < 4.78 is 5.08. The van der Waals surface area contributed by atoms with Crippen molar-refractivity contribution in [1.82, 2.24) is 9.80 Å². The van der Waals surface area contributed by atoms with Crippen molar-refractivity contribution in [1.29, 1.82) is 0 Å². The number of hydrogen-bond acceptors (Lipinski definition) is 7. The summed E-state index contributed by atoms with van der Waals surface area (Å²) in [6.07, 6.45) is 3.63. The number of aromatic hydroxyl groups is 1. The van der Waals surface area contributed by atoms with Crippen LogP contribution < -0.4 is 4.74 Å². The van der Waals surface area contributed by atoms with Gasteiger partial charge in [0.2, 0.25) is 11.7 Å². The Hall–Kier alpha value is -1.71. The third-order valence-electron chi connectivity index (χ3n) is 4.85. The average Bonchev–Trinajstić information content (AvgIpc) is 3.01. The van der Waals surface area contributed by atoms with Crippen LogP contribution in [-0.2, 0) is 4.79 Å². The molecule has 0 bridgehead atoms. The SMILES string of the molecule is COc1cc(C2SCC(=O)N2CCN2CCCCC2)cc([N+](=O)[O-])c1O.Cl. The van der Waals surface area contributed by atoms with Gasteiger partial charge in [0.05, 0.1) is 17.8 Å². The van der Waals surface area contributed by atoms with Crippen LogP contribution in [0, 0.1) is 10.1 Å². The maximum atomic E-state index is 12.3. The summed E-state index contributed by atoms with van der Waals surface area (Å²) in [6, 6.07) is 2.91. The second-order valence-corrected chi connectivity index (χ2v) is 7.57. The van der Waals surface area contributed by atoms with Crippen molar-refractivity contribution in [2.45, 2.75) is 24.6 Å². The molecule has 10 heteroatoms. The van der Waals surface area contributed by atoms with Crippen LogP contribution in [-0.4, -0.2) is 64.8 Å². The van der Waals surface area contributed by atoms with Crippen LogP contribution in [0.4, 0.5) is 5.69 Å². The maximum Gasteiger partial charge on any atom is 0.315 e. The quantitative estimate of drug-likeness (QED) is 0.561. The number of likely N-dealkylation sites (tertiary alicyclic amines) is 1. The fourth-order valence-electron chi connectivity index (χ4n) is 3.46. The number of piperidine rings is 1. The van der Waals surface area contributed by atoms with Gasteiger partial charge in [-0.2, -0.15) is 0 Å². The van der Waals surface area contributed by atoms with E-state index in [1.54, 1.807) is 11.0 Å². The third-order valence-corrected chi connectivity index (χ3v) is 6.11. The number of amides is 1. The normalized spacial score (nSPS) is 20.4. The van der Waals surface area contributed by atoms with Crippen LogP contribution in [0.25, 0.3) is 0 Å². The lowest BCUT2D eigenvalue weighted by Crippen LogP contribution is -2.39. The van der Waals surface area contributed by atoms with E-state index in [1.807, 2.05) is 0 Å². The molecule has 3 rings (SSSR count). The van der Waals surface area contributed by atoms with Crippen LogP contribution in [0.5, 0.6) is 11.5 Å². The van der Waals surface area contributed by atoms with Crippen molar-refractivity contribution in [3.8, 4) is 11.5 Å².